The SMILES string of the molecule is CC1CC(N2CC(=O)OC(=O)C2)CCN1C. The second kappa shape index (κ2) is 4.51. The second-order valence-corrected chi connectivity index (χ2v) is 4.76. The highest BCUT2D eigenvalue weighted by Gasteiger charge is 2.33. The van der Waals surface area contributed by atoms with Gasteiger partial charge in [0.25, 0.3) is 0 Å². The van der Waals surface area contributed by atoms with E-state index in [0.717, 1.165) is 19.4 Å². The number of carbonyl (C=O) groups excluding carboxylic acids is 2. The molecule has 0 bridgehead atoms. The normalized spacial score (nSPS) is 33.9. The molecular weight excluding hydrogens is 208 g/mol. The molecule has 0 amide bonds. The first-order valence-electron chi connectivity index (χ1n) is 5.74. The number of rotatable bonds is 1. The topological polar surface area (TPSA) is 49.9 Å². The fraction of sp³-hybridized carbons (Fsp3) is 0.818. The highest BCUT2D eigenvalue weighted by atomic mass is 16.6. The minimum absolute atomic E-state index is 0.257. The van der Waals surface area contributed by atoms with E-state index in [9.17, 15) is 9.59 Å². The van der Waals surface area contributed by atoms with Crippen molar-refractivity contribution < 1.29 is 14.3 Å². The molecule has 5 heteroatoms. The first-order valence-corrected chi connectivity index (χ1v) is 5.74. The number of piperidine rings is 1. The minimum atomic E-state index is -0.414. The lowest BCUT2D eigenvalue weighted by Gasteiger charge is -2.41. The molecule has 0 aliphatic carbocycles. The molecular formula is C11H18N2O3. The zero-order chi connectivity index (χ0) is 11.7. The molecule has 2 saturated heterocycles. The van der Waals surface area contributed by atoms with Gasteiger partial charge < -0.3 is 9.64 Å². The third kappa shape index (κ3) is 2.41. The van der Waals surface area contributed by atoms with Crippen molar-refractivity contribution in [2.24, 2.45) is 0 Å². The van der Waals surface area contributed by atoms with Crippen molar-refractivity contribution in [3.05, 3.63) is 0 Å². The van der Waals surface area contributed by atoms with E-state index in [1.165, 1.54) is 0 Å². The lowest BCUT2D eigenvalue weighted by atomic mass is 9.97. The van der Waals surface area contributed by atoms with Crippen LogP contribution in [0.4, 0.5) is 0 Å². The average molecular weight is 226 g/mol. The maximum absolute atomic E-state index is 11.2. The molecule has 2 fully saturated rings. The smallest absolute Gasteiger partial charge is 0.327 e. The number of esters is 2. The second-order valence-electron chi connectivity index (χ2n) is 4.76. The van der Waals surface area contributed by atoms with E-state index < -0.39 is 11.9 Å². The van der Waals surface area contributed by atoms with Crippen LogP contribution in [0.25, 0.3) is 0 Å². The number of hydrogen-bond donors (Lipinski definition) is 0. The first-order chi connectivity index (χ1) is 7.56. The summed E-state index contributed by atoms with van der Waals surface area (Å²) in [5.74, 6) is -0.828. The van der Waals surface area contributed by atoms with Crippen molar-refractivity contribution in [1.82, 2.24) is 9.80 Å². The largest absolute Gasteiger partial charge is 0.391 e. The summed E-state index contributed by atoms with van der Waals surface area (Å²) < 4.78 is 4.53. The van der Waals surface area contributed by atoms with Gasteiger partial charge in [0.1, 0.15) is 0 Å². The van der Waals surface area contributed by atoms with Crippen LogP contribution in [0.3, 0.4) is 0 Å². The van der Waals surface area contributed by atoms with Crippen molar-refractivity contribution in [3.63, 3.8) is 0 Å². The van der Waals surface area contributed by atoms with Gasteiger partial charge in [-0.25, -0.2) is 0 Å². The Kier molecular flexibility index (Phi) is 3.25. The van der Waals surface area contributed by atoms with Crippen LogP contribution >= 0.6 is 0 Å². The van der Waals surface area contributed by atoms with Crippen molar-refractivity contribution in [3.8, 4) is 0 Å². The van der Waals surface area contributed by atoms with Crippen molar-refractivity contribution in [2.75, 3.05) is 26.7 Å². The van der Waals surface area contributed by atoms with E-state index in [4.69, 9.17) is 0 Å². The maximum Gasteiger partial charge on any atom is 0.327 e. The third-order valence-corrected chi connectivity index (χ3v) is 3.59. The summed E-state index contributed by atoms with van der Waals surface area (Å²) in [5, 5.41) is 0. The van der Waals surface area contributed by atoms with E-state index in [1.807, 2.05) is 4.90 Å². The fourth-order valence-corrected chi connectivity index (χ4v) is 2.43. The Bertz CT molecular complexity index is 290. The van der Waals surface area contributed by atoms with Gasteiger partial charge in [0.05, 0.1) is 13.1 Å². The predicted octanol–water partition coefficient (Wildman–Crippen LogP) is -0.145. The Balaban J connectivity index is 1.97. The summed E-state index contributed by atoms with van der Waals surface area (Å²) in [6, 6.07) is 0.842. The van der Waals surface area contributed by atoms with Crippen LogP contribution < -0.4 is 0 Å². The molecule has 0 aromatic heterocycles. The van der Waals surface area contributed by atoms with E-state index >= 15 is 0 Å². The van der Waals surface area contributed by atoms with Gasteiger partial charge in [0.2, 0.25) is 0 Å². The molecule has 0 aromatic rings. The van der Waals surface area contributed by atoms with E-state index in [2.05, 4.69) is 23.6 Å². The minimum Gasteiger partial charge on any atom is -0.391 e. The fourth-order valence-electron chi connectivity index (χ4n) is 2.43. The predicted molar refractivity (Wildman–Crippen MR) is 57.8 cm³/mol. The molecule has 2 aliphatic heterocycles. The summed E-state index contributed by atoms with van der Waals surface area (Å²) >= 11 is 0. The van der Waals surface area contributed by atoms with E-state index in [0.29, 0.717) is 12.1 Å². The molecule has 2 atom stereocenters. The van der Waals surface area contributed by atoms with Gasteiger partial charge in [0.15, 0.2) is 0 Å². The summed E-state index contributed by atoms with van der Waals surface area (Å²) in [6.45, 7) is 3.71. The van der Waals surface area contributed by atoms with Crippen molar-refractivity contribution >= 4 is 11.9 Å². The van der Waals surface area contributed by atoms with Crippen LogP contribution in [0.1, 0.15) is 19.8 Å². The third-order valence-electron chi connectivity index (χ3n) is 3.59. The molecule has 2 aliphatic rings. The standard InChI is InChI=1S/C11H18N2O3/c1-8-5-9(3-4-12(8)2)13-6-10(14)16-11(15)7-13/h8-9H,3-7H2,1-2H3. The number of cyclic esters (lactones) is 2. The maximum atomic E-state index is 11.2. The number of ether oxygens (including phenoxy) is 1. The van der Waals surface area contributed by atoms with Gasteiger partial charge in [-0.2, -0.15) is 0 Å². The molecule has 90 valence electrons. The summed E-state index contributed by atoms with van der Waals surface area (Å²) in [4.78, 5) is 26.6. The molecule has 2 rings (SSSR count). The Labute approximate surface area is 95.3 Å². The highest BCUT2D eigenvalue weighted by Crippen LogP contribution is 2.21. The molecule has 0 radical (unpaired) electrons. The highest BCUT2D eigenvalue weighted by molar-refractivity contribution is 5.90. The van der Waals surface area contributed by atoms with Crippen LogP contribution in [-0.2, 0) is 14.3 Å². The van der Waals surface area contributed by atoms with Crippen LogP contribution in [0, 0.1) is 0 Å². The molecule has 2 heterocycles. The average Bonchev–Trinajstić information content (AvgIpc) is 2.20. The van der Waals surface area contributed by atoms with Gasteiger partial charge in [-0.05, 0) is 33.4 Å². The molecule has 0 saturated carbocycles. The van der Waals surface area contributed by atoms with Gasteiger partial charge in [0, 0.05) is 12.1 Å². The number of hydrogen-bond acceptors (Lipinski definition) is 5. The molecule has 0 aromatic carbocycles. The molecule has 5 nitrogen and oxygen atoms in total. The van der Waals surface area contributed by atoms with Gasteiger partial charge >= 0.3 is 11.9 Å². The van der Waals surface area contributed by atoms with Gasteiger partial charge in [-0.15, -0.1) is 0 Å². The Morgan fingerprint density at radius 2 is 1.88 bits per heavy atom. The van der Waals surface area contributed by atoms with Crippen molar-refractivity contribution in [2.45, 2.75) is 31.8 Å². The Morgan fingerprint density at radius 1 is 1.25 bits per heavy atom. The lowest BCUT2D eigenvalue weighted by Crippen LogP contribution is -2.53. The molecule has 16 heavy (non-hydrogen) atoms. The number of carbonyl (C=O) groups is 2. The van der Waals surface area contributed by atoms with E-state index in [1.54, 1.807) is 0 Å². The van der Waals surface area contributed by atoms with Crippen LogP contribution in [0.5, 0.6) is 0 Å². The van der Waals surface area contributed by atoms with Gasteiger partial charge in [-0.3, -0.25) is 14.5 Å². The van der Waals surface area contributed by atoms with Crippen LogP contribution in [-0.4, -0.2) is 60.5 Å². The molecule has 2 unspecified atom stereocenters. The lowest BCUT2D eigenvalue weighted by molar-refractivity contribution is -0.168. The summed E-state index contributed by atoms with van der Waals surface area (Å²) in [5.41, 5.74) is 0. The summed E-state index contributed by atoms with van der Waals surface area (Å²) in [7, 11) is 2.11. The first kappa shape index (κ1) is 11.5. The van der Waals surface area contributed by atoms with Gasteiger partial charge in [-0.1, -0.05) is 0 Å². The summed E-state index contributed by atoms with van der Waals surface area (Å²) in [6.07, 6.45) is 2.03. The van der Waals surface area contributed by atoms with E-state index in [-0.39, 0.29) is 13.1 Å². The molecule has 0 spiro atoms. The zero-order valence-electron chi connectivity index (χ0n) is 9.81. The van der Waals surface area contributed by atoms with Crippen LogP contribution in [0.2, 0.25) is 0 Å². The monoisotopic (exact) mass is 226 g/mol. The Hall–Kier alpha value is -0.940. The quantitative estimate of drug-likeness (QED) is 0.460. The number of morpholine rings is 1. The van der Waals surface area contributed by atoms with Crippen LogP contribution in [0.15, 0.2) is 0 Å². The molecule has 0 N–H and O–H groups in total. The Morgan fingerprint density at radius 3 is 2.44 bits per heavy atom. The number of likely N-dealkylation sites (tertiary alicyclic amines) is 1. The zero-order valence-corrected chi connectivity index (χ0v) is 9.81. The van der Waals surface area contributed by atoms with Crippen molar-refractivity contribution in [1.29, 1.82) is 0 Å². The number of nitrogens with zero attached hydrogens (tertiary/aromatic N) is 2.